The molecular weight excluding hydrogens is 309 g/mol. The summed E-state index contributed by atoms with van der Waals surface area (Å²) in [6.07, 6.45) is 3.37. The van der Waals surface area contributed by atoms with E-state index in [2.05, 4.69) is 15.2 Å². The maximum atomic E-state index is 14.0. The number of halogens is 1. The molecule has 2 heterocycles. The molecule has 1 fully saturated rings. The molecule has 22 heavy (non-hydrogen) atoms. The van der Waals surface area contributed by atoms with Crippen LogP contribution in [0.25, 0.3) is 0 Å². The van der Waals surface area contributed by atoms with Crippen molar-refractivity contribution in [1.29, 1.82) is 0 Å². The number of piperidine rings is 1. The predicted octanol–water partition coefficient (Wildman–Crippen LogP) is 1.44. The van der Waals surface area contributed by atoms with Gasteiger partial charge in [0, 0.05) is 24.8 Å². The molecule has 2 aliphatic heterocycles. The molecule has 1 spiro atoms. The van der Waals surface area contributed by atoms with Crippen LogP contribution in [0.4, 0.5) is 10.1 Å². The number of anilines is 1. The molecule has 1 saturated heterocycles. The minimum atomic E-state index is -3.51. The second kappa shape index (κ2) is 5.51. The highest BCUT2D eigenvalue weighted by Crippen LogP contribution is 2.34. The van der Waals surface area contributed by atoms with Crippen molar-refractivity contribution in [2.45, 2.75) is 24.9 Å². The zero-order chi connectivity index (χ0) is 15.8. The molecule has 1 aromatic rings. The Hall–Kier alpha value is -1.67. The van der Waals surface area contributed by atoms with Crippen molar-refractivity contribution < 1.29 is 17.6 Å². The molecule has 0 saturated carbocycles. The standard InChI is InChI=1S/C14H18FN3O3S/c1-22(19,20)18-12-3-2-10(8-11(12)15)13-9-14(21-17-13)4-6-16-7-5-14/h2-3,8,16,18H,4-7,9H2,1H3. The van der Waals surface area contributed by atoms with Crippen molar-refractivity contribution in [3.63, 3.8) is 0 Å². The average molecular weight is 327 g/mol. The first-order valence-corrected chi connectivity index (χ1v) is 9.00. The van der Waals surface area contributed by atoms with Crippen molar-refractivity contribution >= 4 is 21.4 Å². The van der Waals surface area contributed by atoms with E-state index in [-0.39, 0.29) is 11.3 Å². The van der Waals surface area contributed by atoms with Crippen molar-refractivity contribution in [1.82, 2.24) is 5.32 Å². The Morgan fingerprint density at radius 2 is 2.09 bits per heavy atom. The summed E-state index contributed by atoms with van der Waals surface area (Å²) < 4.78 is 38.5. The third kappa shape index (κ3) is 3.22. The molecular formula is C14H18FN3O3S. The van der Waals surface area contributed by atoms with Gasteiger partial charge in [-0.05, 0) is 25.2 Å². The fourth-order valence-corrected chi connectivity index (χ4v) is 3.37. The summed E-state index contributed by atoms with van der Waals surface area (Å²) in [4.78, 5) is 5.61. The molecule has 0 bridgehead atoms. The molecule has 8 heteroatoms. The van der Waals surface area contributed by atoms with Crippen LogP contribution in [0.2, 0.25) is 0 Å². The molecule has 2 N–H and O–H groups in total. The van der Waals surface area contributed by atoms with Gasteiger partial charge in [-0.1, -0.05) is 11.2 Å². The number of sulfonamides is 1. The lowest BCUT2D eigenvalue weighted by molar-refractivity contribution is -0.0400. The topological polar surface area (TPSA) is 79.8 Å². The lowest BCUT2D eigenvalue weighted by Gasteiger charge is -2.30. The molecule has 2 aliphatic rings. The Morgan fingerprint density at radius 3 is 2.73 bits per heavy atom. The number of nitrogens with zero attached hydrogens (tertiary/aromatic N) is 1. The van der Waals surface area contributed by atoms with Crippen LogP contribution in [0.1, 0.15) is 24.8 Å². The van der Waals surface area contributed by atoms with Gasteiger partial charge in [0.05, 0.1) is 17.7 Å². The lowest BCUT2D eigenvalue weighted by Crippen LogP contribution is -2.42. The molecule has 0 radical (unpaired) electrons. The first-order chi connectivity index (χ1) is 10.4. The average Bonchev–Trinajstić information content (AvgIpc) is 2.84. The predicted molar refractivity (Wildman–Crippen MR) is 81.9 cm³/mol. The lowest BCUT2D eigenvalue weighted by atomic mass is 9.86. The summed E-state index contributed by atoms with van der Waals surface area (Å²) in [7, 11) is -3.51. The van der Waals surface area contributed by atoms with Gasteiger partial charge in [-0.2, -0.15) is 0 Å². The Bertz CT molecular complexity index is 712. The summed E-state index contributed by atoms with van der Waals surface area (Å²) in [5, 5.41) is 7.38. The van der Waals surface area contributed by atoms with Crippen molar-refractivity contribution in [3.8, 4) is 0 Å². The second-order valence-corrected chi connectivity index (χ2v) is 7.56. The number of hydrogen-bond acceptors (Lipinski definition) is 5. The minimum Gasteiger partial charge on any atom is -0.388 e. The van der Waals surface area contributed by atoms with E-state index < -0.39 is 15.8 Å². The highest BCUT2D eigenvalue weighted by Gasteiger charge is 2.40. The number of hydrogen-bond donors (Lipinski definition) is 2. The summed E-state index contributed by atoms with van der Waals surface area (Å²) in [6.45, 7) is 1.77. The smallest absolute Gasteiger partial charge is 0.229 e. The SMILES string of the molecule is CS(=O)(=O)Nc1ccc(C2=NOC3(CCNCC3)C2)cc1F. The van der Waals surface area contributed by atoms with Crippen molar-refractivity contribution in [2.75, 3.05) is 24.1 Å². The zero-order valence-corrected chi connectivity index (χ0v) is 13.0. The van der Waals surface area contributed by atoms with Crippen LogP contribution in [0, 0.1) is 5.82 Å². The Kier molecular flexibility index (Phi) is 3.82. The van der Waals surface area contributed by atoms with Crippen LogP contribution in [0.5, 0.6) is 0 Å². The van der Waals surface area contributed by atoms with Gasteiger partial charge in [0.25, 0.3) is 0 Å². The molecule has 6 nitrogen and oxygen atoms in total. The molecule has 0 atom stereocenters. The zero-order valence-electron chi connectivity index (χ0n) is 12.2. The molecule has 1 aromatic carbocycles. The van der Waals surface area contributed by atoms with Crippen LogP contribution in [-0.2, 0) is 14.9 Å². The van der Waals surface area contributed by atoms with E-state index in [9.17, 15) is 12.8 Å². The number of oxime groups is 1. The Morgan fingerprint density at radius 1 is 1.36 bits per heavy atom. The van der Waals surface area contributed by atoms with E-state index in [1.54, 1.807) is 6.07 Å². The largest absolute Gasteiger partial charge is 0.388 e. The third-order valence-corrected chi connectivity index (χ3v) is 4.54. The molecule has 0 amide bonds. The summed E-state index contributed by atoms with van der Waals surface area (Å²) in [5.74, 6) is -0.628. The summed E-state index contributed by atoms with van der Waals surface area (Å²) in [6, 6.07) is 4.34. The van der Waals surface area contributed by atoms with Gasteiger partial charge in [0.1, 0.15) is 11.4 Å². The van der Waals surface area contributed by atoms with E-state index in [1.807, 2.05) is 0 Å². The van der Waals surface area contributed by atoms with E-state index in [4.69, 9.17) is 4.84 Å². The van der Waals surface area contributed by atoms with Crippen LogP contribution in [0.15, 0.2) is 23.4 Å². The quantitative estimate of drug-likeness (QED) is 0.880. The van der Waals surface area contributed by atoms with Crippen LogP contribution in [-0.4, -0.2) is 39.1 Å². The highest BCUT2D eigenvalue weighted by atomic mass is 32.2. The monoisotopic (exact) mass is 327 g/mol. The number of nitrogens with one attached hydrogen (secondary N) is 2. The van der Waals surface area contributed by atoms with E-state index in [0.29, 0.717) is 17.7 Å². The normalized spacial score (nSPS) is 20.5. The molecule has 120 valence electrons. The molecule has 3 rings (SSSR count). The van der Waals surface area contributed by atoms with E-state index in [1.165, 1.54) is 12.1 Å². The fraction of sp³-hybridized carbons (Fsp3) is 0.500. The fourth-order valence-electron chi connectivity index (χ4n) is 2.80. The van der Waals surface area contributed by atoms with Crippen molar-refractivity contribution in [3.05, 3.63) is 29.6 Å². The first kappa shape index (κ1) is 15.2. The van der Waals surface area contributed by atoms with Gasteiger partial charge >= 0.3 is 0 Å². The maximum Gasteiger partial charge on any atom is 0.229 e. The second-order valence-electron chi connectivity index (χ2n) is 5.81. The molecule has 0 aromatic heterocycles. The van der Waals surface area contributed by atoms with Gasteiger partial charge in [-0.25, -0.2) is 12.8 Å². The first-order valence-electron chi connectivity index (χ1n) is 7.10. The van der Waals surface area contributed by atoms with Crippen LogP contribution >= 0.6 is 0 Å². The highest BCUT2D eigenvalue weighted by molar-refractivity contribution is 7.92. The van der Waals surface area contributed by atoms with Crippen LogP contribution in [0.3, 0.4) is 0 Å². The Labute approximate surface area is 128 Å². The van der Waals surface area contributed by atoms with Gasteiger partial charge in [0.15, 0.2) is 0 Å². The minimum absolute atomic E-state index is 0.0673. The summed E-state index contributed by atoms with van der Waals surface area (Å²) >= 11 is 0. The van der Waals surface area contributed by atoms with Gasteiger partial charge in [-0.15, -0.1) is 0 Å². The van der Waals surface area contributed by atoms with Crippen molar-refractivity contribution in [2.24, 2.45) is 5.16 Å². The number of benzene rings is 1. The van der Waals surface area contributed by atoms with Gasteiger partial charge in [-0.3, -0.25) is 4.72 Å². The summed E-state index contributed by atoms with van der Waals surface area (Å²) in [5.41, 5.74) is 0.974. The van der Waals surface area contributed by atoms with Gasteiger partial charge < -0.3 is 10.2 Å². The van der Waals surface area contributed by atoms with E-state index >= 15 is 0 Å². The van der Waals surface area contributed by atoms with Crippen LogP contribution < -0.4 is 10.0 Å². The van der Waals surface area contributed by atoms with Gasteiger partial charge in [0.2, 0.25) is 10.0 Å². The third-order valence-electron chi connectivity index (χ3n) is 3.95. The number of rotatable bonds is 3. The van der Waals surface area contributed by atoms with E-state index in [0.717, 1.165) is 32.2 Å². The molecule has 0 unspecified atom stereocenters. The Balaban J connectivity index is 1.77. The molecule has 0 aliphatic carbocycles. The maximum absolute atomic E-state index is 14.0.